The SMILES string of the molecule is CCCCCCCCCCCCCC(=O)O[C@H](COC(=O)CCCCCCCCC)COP(=O)(O)OCCN. The van der Waals surface area contributed by atoms with E-state index >= 15 is 0 Å². The molecule has 0 bridgehead atoms. The molecule has 9 nitrogen and oxygen atoms in total. The largest absolute Gasteiger partial charge is 0.472 e. The van der Waals surface area contributed by atoms with Crippen molar-refractivity contribution >= 4 is 19.8 Å². The smallest absolute Gasteiger partial charge is 0.462 e. The number of phosphoric ester groups is 1. The zero-order valence-electron chi connectivity index (χ0n) is 24.9. The van der Waals surface area contributed by atoms with Crippen molar-refractivity contribution in [2.45, 2.75) is 148 Å². The van der Waals surface area contributed by atoms with Crippen molar-refractivity contribution in [1.29, 1.82) is 0 Å². The summed E-state index contributed by atoms with van der Waals surface area (Å²) in [6.45, 7) is 3.65. The molecule has 0 aromatic heterocycles. The number of ether oxygens (including phenoxy) is 2. The van der Waals surface area contributed by atoms with Crippen LogP contribution in [-0.4, -0.2) is 49.3 Å². The molecule has 10 heteroatoms. The summed E-state index contributed by atoms with van der Waals surface area (Å²) in [5.41, 5.74) is 5.29. The van der Waals surface area contributed by atoms with E-state index in [1.807, 2.05) is 0 Å². The third-order valence-electron chi connectivity index (χ3n) is 6.49. The number of carbonyl (C=O) groups excluding carboxylic acids is 2. The van der Waals surface area contributed by atoms with Crippen LogP contribution in [0.3, 0.4) is 0 Å². The fourth-order valence-electron chi connectivity index (χ4n) is 4.16. The quantitative estimate of drug-likeness (QED) is 0.0529. The maximum absolute atomic E-state index is 12.4. The van der Waals surface area contributed by atoms with Gasteiger partial charge in [0, 0.05) is 19.4 Å². The van der Waals surface area contributed by atoms with Crippen LogP contribution in [0.25, 0.3) is 0 Å². The summed E-state index contributed by atoms with van der Waals surface area (Å²) in [5.74, 6) is -0.833. The zero-order valence-corrected chi connectivity index (χ0v) is 25.8. The number of unbranched alkanes of at least 4 members (excludes halogenated alkanes) is 16. The van der Waals surface area contributed by atoms with Crippen LogP contribution >= 0.6 is 7.82 Å². The topological polar surface area (TPSA) is 134 Å². The van der Waals surface area contributed by atoms with Gasteiger partial charge in [0.15, 0.2) is 6.10 Å². The Morgan fingerprint density at radius 1 is 0.667 bits per heavy atom. The molecule has 3 N–H and O–H groups in total. The van der Waals surface area contributed by atoms with Crippen LogP contribution in [0.1, 0.15) is 142 Å². The second-order valence-electron chi connectivity index (χ2n) is 10.3. The van der Waals surface area contributed by atoms with E-state index in [0.717, 1.165) is 32.1 Å². The van der Waals surface area contributed by atoms with E-state index in [4.69, 9.17) is 24.3 Å². The first-order valence-electron chi connectivity index (χ1n) is 15.5. The Labute approximate surface area is 237 Å². The van der Waals surface area contributed by atoms with Crippen LogP contribution in [0.15, 0.2) is 0 Å². The first kappa shape index (κ1) is 38.0. The van der Waals surface area contributed by atoms with E-state index in [1.54, 1.807) is 0 Å². The molecule has 0 heterocycles. The van der Waals surface area contributed by atoms with Crippen molar-refractivity contribution in [2.24, 2.45) is 5.73 Å². The highest BCUT2D eigenvalue weighted by atomic mass is 31.2. The van der Waals surface area contributed by atoms with E-state index in [9.17, 15) is 19.0 Å². The minimum Gasteiger partial charge on any atom is -0.462 e. The van der Waals surface area contributed by atoms with Crippen molar-refractivity contribution in [2.75, 3.05) is 26.4 Å². The summed E-state index contributed by atoms with van der Waals surface area (Å²) in [6, 6.07) is 0. The molecule has 0 rings (SSSR count). The summed E-state index contributed by atoms with van der Waals surface area (Å²) in [6.07, 6.45) is 20.1. The average molecular weight is 580 g/mol. The molecule has 0 aliphatic carbocycles. The van der Waals surface area contributed by atoms with Crippen molar-refractivity contribution in [3.05, 3.63) is 0 Å². The minimum atomic E-state index is -4.35. The average Bonchev–Trinajstić information content (AvgIpc) is 2.91. The molecular weight excluding hydrogens is 521 g/mol. The van der Waals surface area contributed by atoms with Crippen LogP contribution in [0.5, 0.6) is 0 Å². The molecule has 0 saturated carbocycles. The predicted molar refractivity (Wildman–Crippen MR) is 155 cm³/mol. The van der Waals surface area contributed by atoms with Gasteiger partial charge in [-0.15, -0.1) is 0 Å². The summed E-state index contributed by atoms with van der Waals surface area (Å²) in [4.78, 5) is 34.3. The van der Waals surface area contributed by atoms with Crippen molar-refractivity contribution in [1.82, 2.24) is 0 Å². The molecule has 0 aromatic carbocycles. The molecule has 0 amide bonds. The lowest BCUT2D eigenvalue weighted by Gasteiger charge is -2.19. The fourth-order valence-corrected chi connectivity index (χ4v) is 4.93. The van der Waals surface area contributed by atoms with Crippen LogP contribution in [0.4, 0.5) is 0 Å². The second kappa shape index (κ2) is 27.2. The van der Waals surface area contributed by atoms with E-state index in [1.165, 1.54) is 77.0 Å². The van der Waals surface area contributed by atoms with E-state index in [2.05, 4.69) is 13.8 Å². The summed E-state index contributed by atoms with van der Waals surface area (Å²) in [7, 11) is -4.35. The lowest BCUT2D eigenvalue weighted by atomic mass is 10.1. The van der Waals surface area contributed by atoms with E-state index in [-0.39, 0.29) is 38.6 Å². The van der Waals surface area contributed by atoms with Gasteiger partial charge in [-0.25, -0.2) is 4.57 Å². The highest BCUT2D eigenvalue weighted by Crippen LogP contribution is 2.43. The van der Waals surface area contributed by atoms with Gasteiger partial charge in [-0.1, -0.05) is 117 Å². The van der Waals surface area contributed by atoms with Crippen LogP contribution in [0.2, 0.25) is 0 Å². The van der Waals surface area contributed by atoms with Crippen LogP contribution in [-0.2, 0) is 32.7 Å². The summed E-state index contributed by atoms with van der Waals surface area (Å²) >= 11 is 0. The van der Waals surface area contributed by atoms with Gasteiger partial charge in [0.2, 0.25) is 0 Å². The Kier molecular flexibility index (Phi) is 26.5. The molecule has 0 aromatic rings. The lowest BCUT2D eigenvalue weighted by Crippen LogP contribution is -2.29. The van der Waals surface area contributed by atoms with Gasteiger partial charge in [0.1, 0.15) is 6.61 Å². The van der Waals surface area contributed by atoms with Crippen molar-refractivity contribution in [3.8, 4) is 0 Å². The Hall–Kier alpha value is -0.990. The number of nitrogens with two attached hydrogens (primary N) is 1. The first-order chi connectivity index (χ1) is 18.8. The normalized spacial score (nSPS) is 13.6. The molecule has 0 radical (unpaired) electrons. The maximum Gasteiger partial charge on any atom is 0.472 e. The summed E-state index contributed by atoms with van der Waals surface area (Å²) in [5, 5.41) is 0. The van der Waals surface area contributed by atoms with Gasteiger partial charge >= 0.3 is 19.8 Å². The van der Waals surface area contributed by atoms with Crippen molar-refractivity contribution < 1.29 is 37.6 Å². The molecule has 0 aliphatic rings. The molecule has 1 unspecified atom stereocenters. The van der Waals surface area contributed by atoms with E-state index < -0.39 is 26.5 Å². The zero-order chi connectivity index (χ0) is 29.0. The Bertz CT molecular complexity index is 634. The molecule has 232 valence electrons. The third-order valence-corrected chi connectivity index (χ3v) is 7.48. The van der Waals surface area contributed by atoms with Gasteiger partial charge in [-0.05, 0) is 12.8 Å². The highest BCUT2D eigenvalue weighted by molar-refractivity contribution is 7.47. The van der Waals surface area contributed by atoms with Gasteiger partial charge < -0.3 is 20.1 Å². The lowest BCUT2D eigenvalue weighted by molar-refractivity contribution is -0.161. The molecule has 0 aliphatic heterocycles. The Morgan fingerprint density at radius 2 is 1.10 bits per heavy atom. The molecule has 0 fully saturated rings. The first-order valence-corrected chi connectivity index (χ1v) is 17.0. The Morgan fingerprint density at radius 3 is 1.56 bits per heavy atom. The number of phosphoric acid groups is 1. The summed E-state index contributed by atoms with van der Waals surface area (Å²) < 4.78 is 32.3. The predicted octanol–water partition coefficient (Wildman–Crippen LogP) is 7.38. The second-order valence-corrected chi connectivity index (χ2v) is 11.8. The number of rotatable bonds is 29. The minimum absolute atomic E-state index is 0.0570. The molecule has 0 saturated heterocycles. The standard InChI is InChI=1S/C29H58NO8P/c1-3-5-7-9-11-12-13-14-16-18-20-22-29(32)38-27(26-37-39(33,34)36-24-23-30)25-35-28(31)21-19-17-15-10-8-6-4-2/h27H,3-26,30H2,1-2H3,(H,33,34)/t27-/m1/s1. The monoisotopic (exact) mass is 579 g/mol. The fraction of sp³-hybridized carbons (Fsp3) is 0.931. The van der Waals surface area contributed by atoms with Gasteiger partial charge in [0.25, 0.3) is 0 Å². The van der Waals surface area contributed by atoms with Gasteiger partial charge in [-0.3, -0.25) is 18.6 Å². The maximum atomic E-state index is 12.4. The van der Waals surface area contributed by atoms with Crippen LogP contribution in [0, 0.1) is 0 Å². The van der Waals surface area contributed by atoms with Gasteiger partial charge in [-0.2, -0.15) is 0 Å². The van der Waals surface area contributed by atoms with Crippen molar-refractivity contribution in [3.63, 3.8) is 0 Å². The van der Waals surface area contributed by atoms with Gasteiger partial charge in [0.05, 0.1) is 13.2 Å². The van der Waals surface area contributed by atoms with E-state index in [0.29, 0.717) is 6.42 Å². The van der Waals surface area contributed by atoms with Crippen LogP contribution < -0.4 is 5.73 Å². The molecule has 39 heavy (non-hydrogen) atoms. The third kappa shape index (κ3) is 27.0. The number of hydrogen-bond acceptors (Lipinski definition) is 8. The number of carbonyl (C=O) groups is 2. The molecular formula is C29H58NO8P. The number of esters is 2. The molecule has 2 atom stereocenters. The molecule has 0 spiro atoms. The number of hydrogen-bond donors (Lipinski definition) is 2. The highest BCUT2D eigenvalue weighted by Gasteiger charge is 2.25. The Balaban J connectivity index is 4.31.